The van der Waals surface area contributed by atoms with Crippen LogP contribution in [0.5, 0.6) is 0 Å². The number of aromatic nitrogens is 3. The minimum Gasteiger partial charge on any atom is -0.454 e. The van der Waals surface area contributed by atoms with Crippen LogP contribution in [0.25, 0.3) is 10.8 Å². The third kappa shape index (κ3) is 4.85. The van der Waals surface area contributed by atoms with Crippen molar-refractivity contribution < 1.29 is 14.3 Å². The zero-order chi connectivity index (χ0) is 25.3. The van der Waals surface area contributed by atoms with Crippen LogP contribution in [0.2, 0.25) is 0 Å². The number of rotatable bonds is 6. The Kier molecular flexibility index (Phi) is 6.79. The van der Waals surface area contributed by atoms with Crippen LogP contribution in [0.3, 0.4) is 0 Å². The van der Waals surface area contributed by atoms with Crippen molar-refractivity contribution in [1.29, 1.82) is 0 Å². The molecule has 2 aromatic heterocycles. The van der Waals surface area contributed by atoms with Crippen LogP contribution >= 0.6 is 11.3 Å². The monoisotopic (exact) mass is 490 g/mol. The molecule has 35 heavy (non-hydrogen) atoms. The molecular weight excluding hydrogens is 464 g/mol. The van der Waals surface area contributed by atoms with Gasteiger partial charge in [-0.15, -0.1) is 11.3 Å². The Morgan fingerprint density at radius 1 is 1.11 bits per heavy atom. The highest BCUT2D eigenvalue weighted by Crippen LogP contribution is 2.32. The van der Waals surface area contributed by atoms with E-state index in [0.29, 0.717) is 21.6 Å². The van der Waals surface area contributed by atoms with E-state index in [0.717, 1.165) is 16.8 Å². The molecule has 0 atom stereocenters. The van der Waals surface area contributed by atoms with E-state index in [9.17, 15) is 14.4 Å². The van der Waals surface area contributed by atoms with Gasteiger partial charge in [-0.05, 0) is 45.4 Å². The van der Waals surface area contributed by atoms with Crippen molar-refractivity contribution in [3.63, 3.8) is 0 Å². The number of anilines is 2. The van der Waals surface area contributed by atoms with Crippen molar-refractivity contribution in [3.8, 4) is 0 Å². The van der Waals surface area contributed by atoms with Crippen LogP contribution in [0.1, 0.15) is 54.1 Å². The standard InChI is InChI=1S/C26H26N4O4S/c1-15(2)30-24(32)21-9-7-6-8-20(21)23(28-30)25(33)34-13-19-14-35-26(27-19)29(18(5)31)22-11-10-16(3)12-17(22)4/h6-12,14-15H,13H2,1-5H3. The molecule has 0 radical (unpaired) electrons. The number of esters is 1. The molecule has 0 saturated heterocycles. The Bertz CT molecular complexity index is 1490. The molecule has 8 nitrogen and oxygen atoms in total. The molecule has 180 valence electrons. The highest BCUT2D eigenvalue weighted by Gasteiger charge is 2.22. The first-order valence-electron chi connectivity index (χ1n) is 11.2. The number of hydrogen-bond acceptors (Lipinski definition) is 7. The summed E-state index contributed by atoms with van der Waals surface area (Å²) in [5.74, 6) is -0.815. The molecule has 0 N–H and O–H groups in total. The molecule has 0 aliphatic heterocycles. The van der Waals surface area contributed by atoms with Gasteiger partial charge in [0.05, 0.1) is 22.8 Å². The van der Waals surface area contributed by atoms with Gasteiger partial charge >= 0.3 is 5.97 Å². The molecule has 4 aromatic rings. The van der Waals surface area contributed by atoms with Crippen molar-refractivity contribution in [2.24, 2.45) is 0 Å². The second-order valence-electron chi connectivity index (χ2n) is 8.58. The SMILES string of the molecule is CC(=O)N(c1nc(COC(=O)c2nn(C(C)C)c(=O)c3ccccc23)cs1)c1ccc(C)cc1C. The summed E-state index contributed by atoms with van der Waals surface area (Å²) < 4.78 is 6.81. The summed E-state index contributed by atoms with van der Waals surface area (Å²) in [6.07, 6.45) is 0. The summed E-state index contributed by atoms with van der Waals surface area (Å²) in [7, 11) is 0. The lowest BCUT2D eigenvalue weighted by Crippen LogP contribution is -2.27. The molecule has 0 spiro atoms. The number of hydrogen-bond donors (Lipinski definition) is 0. The quantitative estimate of drug-likeness (QED) is 0.349. The molecule has 2 aromatic carbocycles. The fraction of sp³-hybridized carbons (Fsp3) is 0.269. The van der Waals surface area contributed by atoms with Gasteiger partial charge in [0.25, 0.3) is 5.56 Å². The topological polar surface area (TPSA) is 94.4 Å². The molecule has 0 fully saturated rings. The lowest BCUT2D eigenvalue weighted by molar-refractivity contribution is -0.115. The third-order valence-electron chi connectivity index (χ3n) is 5.50. The number of fused-ring (bicyclic) bond motifs is 1. The van der Waals surface area contributed by atoms with Crippen LogP contribution in [0.4, 0.5) is 10.8 Å². The summed E-state index contributed by atoms with van der Waals surface area (Å²) in [5, 5.41) is 7.38. The molecule has 0 unspecified atom stereocenters. The minimum atomic E-state index is -0.650. The van der Waals surface area contributed by atoms with Crippen molar-refractivity contribution in [3.05, 3.63) is 80.7 Å². The molecule has 9 heteroatoms. The van der Waals surface area contributed by atoms with Gasteiger partial charge in [-0.3, -0.25) is 14.5 Å². The molecular formula is C26H26N4O4S. The first kappa shape index (κ1) is 24.3. The second-order valence-corrected chi connectivity index (χ2v) is 9.42. The molecule has 2 heterocycles. The van der Waals surface area contributed by atoms with Gasteiger partial charge in [-0.25, -0.2) is 14.5 Å². The number of thiazole rings is 1. The number of nitrogens with zero attached hydrogens (tertiary/aromatic N) is 4. The van der Waals surface area contributed by atoms with E-state index in [2.05, 4.69) is 10.1 Å². The Balaban J connectivity index is 1.59. The van der Waals surface area contributed by atoms with Crippen molar-refractivity contribution in [1.82, 2.24) is 14.8 Å². The maximum atomic E-state index is 13.0. The van der Waals surface area contributed by atoms with Crippen LogP contribution < -0.4 is 10.5 Å². The van der Waals surface area contributed by atoms with Gasteiger partial charge in [-0.2, -0.15) is 5.10 Å². The van der Waals surface area contributed by atoms with Crippen molar-refractivity contribution in [2.45, 2.75) is 47.3 Å². The smallest absolute Gasteiger partial charge is 0.359 e. The van der Waals surface area contributed by atoms with Gasteiger partial charge in [0, 0.05) is 17.7 Å². The molecule has 0 aliphatic carbocycles. The number of aryl methyl sites for hydroxylation is 2. The first-order valence-corrected chi connectivity index (χ1v) is 12.1. The summed E-state index contributed by atoms with van der Waals surface area (Å²) in [5.41, 5.74) is 3.15. The van der Waals surface area contributed by atoms with Crippen LogP contribution in [0, 0.1) is 13.8 Å². The highest BCUT2D eigenvalue weighted by atomic mass is 32.1. The predicted molar refractivity (Wildman–Crippen MR) is 136 cm³/mol. The normalized spacial score (nSPS) is 11.1. The number of carbonyl (C=O) groups excluding carboxylic acids is 2. The van der Waals surface area contributed by atoms with E-state index in [-0.39, 0.29) is 29.8 Å². The van der Waals surface area contributed by atoms with Crippen molar-refractivity contribution >= 4 is 44.8 Å². The van der Waals surface area contributed by atoms with E-state index in [4.69, 9.17) is 4.74 Å². The fourth-order valence-electron chi connectivity index (χ4n) is 3.84. The Morgan fingerprint density at radius 3 is 2.49 bits per heavy atom. The maximum absolute atomic E-state index is 13.0. The average molecular weight is 491 g/mol. The minimum absolute atomic E-state index is 0.0741. The van der Waals surface area contributed by atoms with Crippen molar-refractivity contribution in [2.75, 3.05) is 4.90 Å². The van der Waals surface area contributed by atoms with E-state index >= 15 is 0 Å². The van der Waals surface area contributed by atoms with Gasteiger partial charge in [0.15, 0.2) is 10.8 Å². The number of benzene rings is 2. The number of carbonyl (C=O) groups is 2. The first-order chi connectivity index (χ1) is 16.7. The Morgan fingerprint density at radius 2 is 1.83 bits per heavy atom. The average Bonchev–Trinajstić information content (AvgIpc) is 3.27. The summed E-state index contributed by atoms with van der Waals surface area (Å²) >= 11 is 1.29. The lowest BCUT2D eigenvalue weighted by Gasteiger charge is -2.20. The number of ether oxygens (including phenoxy) is 1. The van der Waals surface area contributed by atoms with Crippen LogP contribution in [0.15, 0.2) is 52.6 Å². The largest absolute Gasteiger partial charge is 0.454 e. The highest BCUT2D eigenvalue weighted by molar-refractivity contribution is 7.14. The molecule has 0 bridgehead atoms. The van der Waals surface area contributed by atoms with E-state index < -0.39 is 5.97 Å². The Hall–Kier alpha value is -3.85. The van der Waals surface area contributed by atoms with Gasteiger partial charge in [0.1, 0.15) is 6.61 Å². The molecule has 4 rings (SSSR count). The Labute approximate surface area is 206 Å². The van der Waals surface area contributed by atoms with Crippen LogP contribution in [-0.4, -0.2) is 26.6 Å². The molecule has 0 saturated carbocycles. The van der Waals surface area contributed by atoms with Gasteiger partial charge < -0.3 is 4.74 Å². The third-order valence-corrected chi connectivity index (χ3v) is 6.38. The van der Waals surface area contributed by atoms with E-state index in [1.807, 2.05) is 45.9 Å². The van der Waals surface area contributed by atoms with Gasteiger partial charge in [-0.1, -0.05) is 35.9 Å². The maximum Gasteiger partial charge on any atom is 0.359 e. The van der Waals surface area contributed by atoms with E-state index in [1.54, 1.807) is 34.5 Å². The summed E-state index contributed by atoms with van der Waals surface area (Å²) in [6, 6.07) is 12.5. The molecule has 0 aliphatic rings. The predicted octanol–water partition coefficient (Wildman–Crippen LogP) is 5.09. The van der Waals surface area contributed by atoms with Gasteiger partial charge in [0.2, 0.25) is 5.91 Å². The zero-order valence-electron chi connectivity index (χ0n) is 20.2. The number of amides is 1. The lowest BCUT2D eigenvalue weighted by atomic mass is 10.1. The van der Waals surface area contributed by atoms with Crippen LogP contribution in [-0.2, 0) is 16.1 Å². The summed E-state index contributed by atoms with van der Waals surface area (Å²) in [6.45, 7) is 8.99. The molecule has 1 amide bonds. The zero-order valence-corrected chi connectivity index (χ0v) is 21.0. The van der Waals surface area contributed by atoms with E-state index in [1.165, 1.54) is 22.9 Å². The summed E-state index contributed by atoms with van der Waals surface area (Å²) in [4.78, 5) is 44.2. The second kappa shape index (κ2) is 9.79. The fourth-order valence-corrected chi connectivity index (χ4v) is 4.71.